The Balaban J connectivity index is 1.88. The van der Waals surface area contributed by atoms with Crippen molar-refractivity contribution in [2.24, 2.45) is 0 Å². The Bertz CT molecular complexity index is 1080. The number of nitrogens with one attached hydrogen (secondary N) is 1. The van der Waals surface area contributed by atoms with Gasteiger partial charge in [-0.15, -0.1) is 0 Å². The standard InChI is InChI=1S/C21H22N4O3/c1-5-25-12(2)10-15(13(25)3)21(27)28-14(4)19(26)16(11-22)20-23-17-8-6-7-9-18(17)24-20/h6-10,14,26H,5H2,1-4H3,(H,23,24)/b19-16-/t14-/m0/s1. The minimum absolute atomic E-state index is 0.0597. The molecule has 7 nitrogen and oxygen atoms in total. The number of H-pyrrole nitrogens is 1. The van der Waals surface area contributed by atoms with Gasteiger partial charge in [0.05, 0.1) is 16.6 Å². The van der Waals surface area contributed by atoms with Gasteiger partial charge in [0.15, 0.2) is 17.7 Å². The van der Waals surface area contributed by atoms with Crippen molar-refractivity contribution >= 4 is 22.6 Å². The highest BCUT2D eigenvalue weighted by Gasteiger charge is 2.24. The zero-order valence-electron chi connectivity index (χ0n) is 16.3. The van der Waals surface area contributed by atoms with Crippen molar-refractivity contribution in [2.75, 3.05) is 0 Å². The Morgan fingerprint density at radius 1 is 1.39 bits per heavy atom. The summed E-state index contributed by atoms with van der Waals surface area (Å²) in [6.07, 6.45) is -1.000. The van der Waals surface area contributed by atoms with Crippen molar-refractivity contribution in [3.05, 3.63) is 58.9 Å². The number of esters is 1. The smallest absolute Gasteiger partial charge is 0.340 e. The van der Waals surface area contributed by atoms with Crippen LogP contribution in [0, 0.1) is 25.2 Å². The second-order valence-corrected chi connectivity index (χ2v) is 6.55. The fourth-order valence-electron chi connectivity index (χ4n) is 3.28. The maximum atomic E-state index is 12.6. The van der Waals surface area contributed by atoms with Gasteiger partial charge in [0, 0.05) is 17.9 Å². The number of aromatic amines is 1. The van der Waals surface area contributed by atoms with Crippen molar-refractivity contribution in [3.63, 3.8) is 0 Å². The number of imidazole rings is 1. The largest absolute Gasteiger partial charge is 0.507 e. The van der Waals surface area contributed by atoms with Gasteiger partial charge in [0.1, 0.15) is 11.6 Å². The molecule has 1 atom stereocenters. The first kappa shape index (κ1) is 19.2. The third-order valence-electron chi connectivity index (χ3n) is 4.77. The number of allylic oxidation sites excluding steroid dienone is 1. The van der Waals surface area contributed by atoms with Crippen LogP contribution in [-0.2, 0) is 11.3 Å². The van der Waals surface area contributed by atoms with Crippen molar-refractivity contribution in [1.29, 1.82) is 5.26 Å². The van der Waals surface area contributed by atoms with Gasteiger partial charge in [-0.05, 0) is 45.9 Å². The molecular formula is C21H22N4O3. The maximum absolute atomic E-state index is 12.6. The van der Waals surface area contributed by atoms with Crippen molar-refractivity contribution in [3.8, 4) is 6.07 Å². The summed E-state index contributed by atoms with van der Waals surface area (Å²) in [7, 11) is 0. The molecule has 0 saturated carbocycles. The lowest BCUT2D eigenvalue weighted by molar-refractivity contribution is 0.0333. The number of nitrogens with zero attached hydrogens (tertiary/aromatic N) is 3. The molecular weight excluding hydrogens is 356 g/mol. The predicted molar refractivity (Wildman–Crippen MR) is 106 cm³/mol. The fraction of sp³-hybridized carbons (Fsp3) is 0.286. The number of hydrogen-bond donors (Lipinski definition) is 2. The fourth-order valence-corrected chi connectivity index (χ4v) is 3.28. The molecule has 3 aromatic rings. The molecule has 0 saturated heterocycles. The number of aliphatic hydroxyl groups is 1. The topological polar surface area (TPSA) is 104 Å². The summed E-state index contributed by atoms with van der Waals surface area (Å²) < 4.78 is 7.42. The summed E-state index contributed by atoms with van der Waals surface area (Å²) in [6, 6.07) is 11.0. The first-order chi connectivity index (χ1) is 13.4. The summed E-state index contributed by atoms with van der Waals surface area (Å²) in [4.78, 5) is 19.9. The number of para-hydroxylation sites is 2. The van der Waals surface area contributed by atoms with E-state index in [1.165, 1.54) is 6.92 Å². The molecule has 2 aromatic heterocycles. The predicted octanol–water partition coefficient (Wildman–Crippen LogP) is 4.04. The van der Waals surface area contributed by atoms with Crippen LogP contribution in [0.1, 0.15) is 41.4 Å². The van der Waals surface area contributed by atoms with Crippen LogP contribution in [0.15, 0.2) is 36.1 Å². The van der Waals surface area contributed by atoms with Crippen molar-refractivity contribution in [2.45, 2.75) is 40.3 Å². The molecule has 0 fully saturated rings. The first-order valence-electron chi connectivity index (χ1n) is 9.03. The minimum Gasteiger partial charge on any atom is -0.507 e. The highest BCUT2D eigenvalue weighted by atomic mass is 16.6. The number of benzene rings is 1. The second kappa shape index (κ2) is 7.61. The Morgan fingerprint density at radius 3 is 2.71 bits per heavy atom. The van der Waals surface area contributed by atoms with E-state index in [1.807, 2.05) is 49.6 Å². The molecule has 0 aliphatic heterocycles. The molecule has 0 bridgehead atoms. The SMILES string of the molecule is CCn1c(C)cc(C(=O)O[C@@H](C)/C(O)=C(\C#N)c2nc3ccccc3[nH]2)c1C. The molecule has 0 aliphatic rings. The number of hydrogen-bond acceptors (Lipinski definition) is 5. The van der Waals surface area contributed by atoms with Gasteiger partial charge in [-0.3, -0.25) is 0 Å². The van der Waals surface area contributed by atoms with Gasteiger partial charge < -0.3 is 19.4 Å². The number of fused-ring (bicyclic) bond motifs is 1. The van der Waals surface area contributed by atoms with Crippen LogP contribution in [0.2, 0.25) is 0 Å². The van der Waals surface area contributed by atoms with Gasteiger partial charge in [0.2, 0.25) is 0 Å². The summed E-state index contributed by atoms with van der Waals surface area (Å²) in [5.74, 6) is -0.666. The number of aromatic nitrogens is 3. The Labute approximate surface area is 162 Å². The lowest BCUT2D eigenvalue weighted by atomic mass is 10.1. The molecule has 2 N–H and O–H groups in total. The average Bonchev–Trinajstić information content (AvgIpc) is 3.22. The molecule has 0 radical (unpaired) electrons. The van der Waals surface area contributed by atoms with Crippen molar-refractivity contribution in [1.82, 2.24) is 14.5 Å². The minimum atomic E-state index is -1.000. The monoisotopic (exact) mass is 378 g/mol. The molecule has 0 aliphatic carbocycles. The average molecular weight is 378 g/mol. The number of carbonyl (C=O) groups excluding carboxylic acids is 1. The second-order valence-electron chi connectivity index (χ2n) is 6.55. The van der Waals surface area contributed by atoms with E-state index >= 15 is 0 Å². The van der Waals surface area contributed by atoms with Crippen LogP contribution >= 0.6 is 0 Å². The molecule has 0 amide bonds. The molecule has 7 heteroatoms. The first-order valence-corrected chi connectivity index (χ1v) is 9.03. The number of rotatable bonds is 5. The van der Waals surface area contributed by atoms with E-state index in [4.69, 9.17) is 4.74 Å². The lowest BCUT2D eigenvalue weighted by Gasteiger charge is -2.14. The normalized spacial score (nSPS) is 13.1. The van der Waals surface area contributed by atoms with Crippen LogP contribution in [-0.4, -0.2) is 31.7 Å². The Kier molecular flexibility index (Phi) is 5.23. The number of nitriles is 1. The number of aliphatic hydroxyl groups excluding tert-OH is 1. The summed E-state index contributed by atoms with van der Waals surface area (Å²) in [6.45, 7) is 8.04. The zero-order chi connectivity index (χ0) is 20.4. The zero-order valence-corrected chi connectivity index (χ0v) is 16.3. The Morgan fingerprint density at radius 2 is 2.11 bits per heavy atom. The van der Waals surface area contributed by atoms with Gasteiger partial charge in [-0.1, -0.05) is 12.1 Å². The van der Waals surface area contributed by atoms with Crippen LogP contribution in [0.3, 0.4) is 0 Å². The highest BCUT2D eigenvalue weighted by Crippen LogP contribution is 2.23. The summed E-state index contributed by atoms with van der Waals surface area (Å²) >= 11 is 0. The maximum Gasteiger partial charge on any atom is 0.340 e. The van der Waals surface area contributed by atoms with E-state index < -0.39 is 12.1 Å². The van der Waals surface area contributed by atoms with E-state index in [2.05, 4.69) is 9.97 Å². The Hall–Kier alpha value is -3.53. The number of ether oxygens (including phenoxy) is 1. The lowest BCUT2D eigenvalue weighted by Crippen LogP contribution is -2.19. The molecule has 0 unspecified atom stereocenters. The van der Waals surface area contributed by atoms with E-state index in [0.29, 0.717) is 11.1 Å². The van der Waals surface area contributed by atoms with E-state index in [9.17, 15) is 15.2 Å². The molecule has 0 spiro atoms. The van der Waals surface area contributed by atoms with Crippen LogP contribution in [0.5, 0.6) is 0 Å². The number of carbonyl (C=O) groups is 1. The molecule has 1 aromatic carbocycles. The molecule has 3 rings (SSSR count). The van der Waals surface area contributed by atoms with Gasteiger partial charge in [0.25, 0.3) is 0 Å². The third kappa shape index (κ3) is 3.37. The van der Waals surface area contributed by atoms with E-state index in [1.54, 1.807) is 12.1 Å². The highest BCUT2D eigenvalue weighted by molar-refractivity contribution is 5.91. The summed E-state index contributed by atoms with van der Waals surface area (Å²) in [5.41, 5.74) is 3.57. The summed E-state index contributed by atoms with van der Waals surface area (Å²) in [5, 5.41) is 20.1. The molecule has 144 valence electrons. The third-order valence-corrected chi connectivity index (χ3v) is 4.77. The van der Waals surface area contributed by atoms with Crippen LogP contribution in [0.25, 0.3) is 16.6 Å². The van der Waals surface area contributed by atoms with Crippen LogP contribution in [0.4, 0.5) is 0 Å². The van der Waals surface area contributed by atoms with Gasteiger partial charge >= 0.3 is 5.97 Å². The quantitative estimate of drug-likeness (QED) is 0.396. The van der Waals surface area contributed by atoms with Crippen LogP contribution < -0.4 is 0 Å². The van der Waals surface area contributed by atoms with Gasteiger partial charge in [-0.2, -0.15) is 5.26 Å². The number of aryl methyl sites for hydroxylation is 1. The van der Waals surface area contributed by atoms with E-state index in [0.717, 1.165) is 23.4 Å². The van der Waals surface area contributed by atoms with Gasteiger partial charge in [-0.25, -0.2) is 9.78 Å². The molecule has 28 heavy (non-hydrogen) atoms. The van der Waals surface area contributed by atoms with E-state index in [-0.39, 0.29) is 17.2 Å². The van der Waals surface area contributed by atoms with Crippen molar-refractivity contribution < 1.29 is 14.6 Å². The molecule has 2 heterocycles.